The van der Waals surface area contributed by atoms with E-state index in [4.69, 9.17) is 0 Å². The topological polar surface area (TPSA) is 66.5 Å². The van der Waals surface area contributed by atoms with Gasteiger partial charge in [-0.1, -0.05) is 12.1 Å². The molecule has 0 saturated carbocycles. The van der Waals surface area contributed by atoms with Gasteiger partial charge in [0, 0.05) is 26.2 Å². The SMILES string of the molecule is C=CCNC(=O)c1cc(S(=O)(=O)N(C)C)ccc1C. The van der Waals surface area contributed by atoms with Gasteiger partial charge < -0.3 is 5.32 Å². The number of carbonyl (C=O) groups is 1. The highest BCUT2D eigenvalue weighted by Gasteiger charge is 2.19. The van der Waals surface area contributed by atoms with Gasteiger partial charge in [0.05, 0.1) is 4.90 Å². The minimum Gasteiger partial charge on any atom is -0.349 e. The third-order valence-corrected chi connectivity index (χ3v) is 4.45. The van der Waals surface area contributed by atoms with Crippen LogP contribution in [-0.4, -0.2) is 39.3 Å². The van der Waals surface area contributed by atoms with Gasteiger partial charge in [-0.15, -0.1) is 6.58 Å². The van der Waals surface area contributed by atoms with Crippen molar-refractivity contribution in [3.8, 4) is 0 Å². The van der Waals surface area contributed by atoms with Crippen molar-refractivity contribution in [1.82, 2.24) is 9.62 Å². The molecule has 0 fully saturated rings. The van der Waals surface area contributed by atoms with Crippen molar-refractivity contribution in [2.75, 3.05) is 20.6 Å². The Morgan fingerprint density at radius 2 is 2.05 bits per heavy atom. The summed E-state index contributed by atoms with van der Waals surface area (Å²) in [7, 11) is -0.635. The smallest absolute Gasteiger partial charge is 0.251 e. The Bertz CT molecular complexity index is 592. The van der Waals surface area contributed by atoms with Gasteiger partial charge in [0.25, 0.3) is 5.91 Å². The fourth-order valence-electron chi connectivity index (χ4n) is 1.48. The van der Waals surface area contributed by atoms with E-state index in [1.807, 2.05) is 0 Å². The van der Waals surface area contributed by atoms with E-state index < -0.39 is 10.0 Å². The first-order chi connectivity index (χ1) is 8.80. The largest absolute Gasteiger partial charge is 0.349 e. The van der Waals surface area contributed by atoms with Gasteiger partial charge in [0.2, 0.25) is 10.0 Å². The Hall–Kier alpha value is -1.66. The minimum atomic E-state index is -3.54. The number of amides is 1. The summed E-state index contributed by atoms with van der Waals surface area (Å²) in [5.41, 5.74) is 1.07. The molecule has 1 N–H and O–H groups in total. The number of hydrogen-bond acceptors (Lipinski definition) is 3. The predicted molar refractivity (Wildman–Crippen MR) is 74.6 cm³/mol. The molecule has 6 heteroatoms. The van der Waals surface area contributed by atoms with Crippen LogP contribution in [0.3, 0.4) is 0 Å². The maximum atomic E-state index is 12.0. The van der Waals surface area contributed by atoms with Gasteiger partial charge in [-0.2, -0.15) is 0 Å². The lowest BCUT2D eigenvalue weighted by Gasteiger charge is -2.13. The second-order valence-electron chi connectivity index (χ2n) is 4.26. The molecule has 1 rings (SSSR count). The first-order valence-corrected chi connectivity index (χ1v) is 7.17. The zero-order valence-corrected chi connectivity index (χ0v) is 12.1. The first-order valence-electron chi connectivity index (χ1n) is 5.73. The van der Waals surface area contributed by atoms with Crippen molar-refractivity contribution in [3.63, 3.8) is 0 Å². The molecule has 0 spiro atoms. The summed E-state index contributed by atoms with van der Waals surface area (Å²) in [5, 5.41) is 2.63. The number of nitrogens with one attached hydrogen (secondary N) is 1. The van der Waals surface area contributed by atoms with Gasteiger partial charge >= 0.3 is 0 Å². The maximum absolute atomic E-state index is 12.0. The molecule has 0 bridgehead atoms. The van der Waals surface area contributed by atoms with Crippen LogP contribution in [0.15, 0.2) is 35.7 Å². The summed E-state index contributed by atoms with van der Waals surface area (Å²) < 4.78 is 25.1. The highest BCUT2D eigenvalue weighted by Crippen LogP contribution is 2.18. The number of benzene rings is 1. The lowest BCUT2D eigenvalue weighted by atomic mass is 10.1. The molecule has 0 saturated heterocycles. The molecule has 0 unspecified atom stereocenters. The van der Waals surface area contributed by atoms with E-state index in [1.165, 1.54) is 26.2 Å². The van der Waals surface area contributed by atoms with E-state index in [2.05, 4.69) is 11.9 Å². The van der Waals surface area contributed by atoms with E-state index in [9.17, 15) is 13.2 Å². The molecule has 1 amide bonds. The summed E-state index contributed by atoms with van der Waals surface area (Å²) in [6.45, 7) is 5.61. The van der Waals surface area contributed by atoms with Crippen molar-refractivity contribution < 1.29 is 13.2 Å². The molecular formula is C13H18N2O3S. The van der Waals surface area contributed by atoms with Gasteiger partial charge in [-0.3, -0.25) is 4.79 Å². The number of rotatable bonds is 5. The zero-order valence-electron chi connectivity index (χ0n) is 11.3. The first kappa shape index (κ1) is 15.4. The van der Waals surface area contributed by atoms with Gasteiger partial charge in [-0.25, -0.2) is 12.7 Å². The van der Waals surface area contributed by atoms with Gasteiger partial charge in [0.1, 0.15) is 0 Å². The number of hydrogen-bond donors (Lipinski definition) is 1. The third-order valence-electron chi connectivity index (χ3n) is 2.64. The van der Waals surface area contributed by atoms with Crippen molar-refractivity contribution in [1.29, 1.82) is 0 Å². The second kappa shape index (κ2) is 5.99. The quantitative estimate of drug-likeness (QED) is 0.824. The average molecular weight is 282 g/mol. The van der Waals surface area contributed by atoms with E-state index in [0.29, 0.717) is 12.1 Å². The third kappa shape index (κ3) is 3.42. The summed E-state index contributed by atoms with van der Waals surface area (Å²) in [4.78, 5) is 12.0. The summed E-state index contributed by atoms with van der Waals surface area (Å²) in [6, 6.07) is 4.51. The summed E-state index contributed by atoms with van der Waals surface area (Å²) in [6.07, 6.45) is 1.56. The predicted octanol–water partition coefficient (Wildman–Crippen LogP) is 1.16. The number of aryl methyl sites for hydroxylation is 1. The average Bonchev–Trinajstić information content (AvgIpc) is 2.36. The fourth-order valence-corrected chi connectivity index (χ4v) is 2.41. The number of nitrogens with zero attached hydrogens (tertiary/aromatic N) is 1. The maximum Gasteiger partial charge on any atom is 0.251 e. The molecule has 0 atom stereocenters. The molecule has 1 aromatic rings. The Balaban J connectivity index is 3.22. The molecule has 19 heavy (non-hydrogen) atoms. The fraction of sp³-hybridized carbons (Fsp3) is 0.308. The Morgan fingerprint density at radius 1 is 1.42 bits per heavy atom. The van der Waals surface area contributed by atoms with Crippen LogP contribution in [0.25, 0.3) is 0 Å². The van der Waals surface area contributed by atoms with Crippen LogP contribution in [0.4, 0.5) is 0 Å². The lowest BCUT2D eigenvalue weighted by molar-refractivity contribution is 0.0957. The van der Waals surface area contributed by atoms with E-state index in [0.717, 1.165) is 9.87 Å². The molecule has 0 heterocycles. The molecular weight excluding hydrogens is 264 g/mol. The van der Waals surface area contributed by atoms with Crippen molar-refractivity contribution in [2.24, 2.45) is 0 Å². The molecule has 0 aromatic heterocycles. The normalized spacial score (nSPS) is 11.4. The summed E-state index contributed by atoms with van der Waals surface area (Å²) >= 11 is 0. The van der Waals surface area contributed by atoms with Gasteiger partial charge in [0.15, 0.2) is 0 Å². The summed E-state index contributed by atoms with van der Waals surface area (Å²) in [5.74, 6) is -0.312. The minimum absolute atomic E-state index is 0.104. The molecule has 0 aliphatic carbocycles. The second-order valence-corrected chi connectivity index (χ2v) is 6.41. The molecule has 1 aromatic carbocycles. The number of carbonyl (C=O) groups excluding carboxylic acids is 1. The van der Waals surface area contributed by atoms with Crippen LogP contribution in [0, 0.1) is 6.92 Å². The molecule has 0 aliphatic heterocycles. The molecule has 104 valence electrons. The lowest BCUT2D eigenvalue weighted by Crippen LogP contribution is -2.26. The van der Waals surface area contributed by atoms with Crippen LogP contribution >= 0.6 is 0 Å². The monoisotopic (exact) mass is 282 g/mol. The zero-order chi connectivity index (χ0) is 14.6. The van der Waals surface area contributed by atoms with Crippen LogP contribution in [0.1, 0.15) is 15.9 Å². The Morgan fingerprint density at radius 3 is 2.58 bits per heavy atom. The molecule has 0 radical (unpaired) electrons. The standard InChI is InChI=1S/C13H18N2O3S/c1-5-8-14-13(16)12-9-11(7-6-10(12)2)19(17,18)15(3)4/h5-7,9H,1,8H2,2-4H3,(H,14,16). The van der Waals surface area contributed by atoms with Crippen LogP contribution in [0.2, 0.25) is 0 Å². The van der Waals surface area contributed by atoms with Crippen LogP contribution in [-0.2, 0) is 10.0 Å². The Labute approximate surface area is 114 Å². The molecule has 0 aliphatic rings. The van der Waals surface area contributed by atoms with E-state index in [-0.39, 0.29) is 10.8 Å². The van der Waals surface area contributed by atoms with E-state index >= 15 is 0 Å². The van der Waals surface area contributed by atoms with Crippen LogP contribution < -0.4 is 5.32 Å². The Kier molecular flexibility index (Phi) is 4.85. The highest BCUT2D eigenvalue weighted by atomic mass is 32.2. The van der Waals surface area contributed by atoms with Crippen molar-refractivity contribution >= 4 is 15.9 Å². The molecule has 5 nitrogen and oxygen atoms in total. The number of sulfonamides is 1. The van der Waals surface area contributed by atoms with Gasteiger partial charge in [-0.05, 0) is 24.6 Å². The van der Waals surface area contributed by atoms with Crippen molar-refractivity contribution in [3.05, 3.63) is 42.0 Å². The van der Waals surface area contributed by atoms with E-state index in [1.54, 1.807) is 19.1 Å². The highest BCUT2D eigenvalue weighted by molar-refractivity contribution is 7.89. The van der Waals surface area contributed by atoms with Crippen LogP contribution in [0.5, 0.6) is 0 Å². The van der Waals surface area contributed by atoms with Crippen molar-refractivity contribution in [2.45, 2.75) is 11.8 Å².